The zero-order valence-corrected chi connectivity index (χ0v) is 37.7. The number of nitro groups is 3. The summed E-state index contributed by atoms with van der Waals surface area (Å²) in [6, 6.07) is 31.6. The Hall–Kier alpha value is -6.18. The number of esters is 2. The van der Waals surface area contributed by atoms with Crippen LogP contribution in [0.5, 0.6) is 0 Å². The minimum absolute atomic E-state index is 0. The van der Waals surface area contributed by atoms with Gasteiger partial charge in [0.15, 0.2) is 0 Å². The molecule has 0 amide bonds. The van der Waals surface area contributed by atoms with Crippen molar-refractivity contribution in [2.24, 2.45) is 0 Å². The molecule has 6 aromatic rings. The van der Waals surface area contributed by atoms with E-state index in [0.717, 1.165) is 12.1 Å². The van der Waals surface area contributed by atoms with Gasteiger partial charge in [0.1, 0.15) is 0 Å². The molecule has 0 fully saturated rings. The van der Waals surface area contributed by atoms with Crippen LogP contribution < -0.4 is 24.3 Å². The number of carboxylic acid groups (broad SMARTS) is 1. The van der Waals surface area contributed by atoms with Crippen molar-refractivity contribution < 1.29 is 78.1 Å². The Morgan fingerprint density at radius 2 is 0.877 bits per heavy atom. The maximum atomic E-state index is 11.4. The molecule has 0 aliphatic carbocycles. The number of hydrogen-bond donors (Lipinski definition) is 3. The van der Waals surface area contributed by atoms with Crippen molar-refractivity contribution in [2.45, 2.75) is 0 Å². The minimum atomic E-state index is -1.41. The molecular formula is C41H31BBrCl3LiN3O15. The van der Waals surface area contributed by atoms with Crippen LogP contribution in [0.4, 0.5) is 17.1 Å². The summed E-state index contributed by atoms with van der Waals surface area (Å²) in [5, 5.41) is 60.4. The summed E-state index contributed by atoms with van der Waals surface area (Å²) >= 11 is 20.1. The number of nitrogens with zero attached hydrogens (tertiary/aromatic N) is 3. The standard InChI is InChI=1S/C14H10ClNO4.C13H8ClNO4.C8H6BrNO4.C6H6BClO2.Li.H2O/c1-20-14(17)10-4-7-12(13(8-10)16(18)19)9-2-5-11(15)6-3-9;14-10-4-1-8(2-5-10)11-6-3-9(13(16)17)7-12(11)15(18)19;1-14-8(11)5-2-3-6(9)7(4-5)10(12)13;8-6-3-1-5(2-4-6)7(9)10;;/h2-8H,1H3;1-7H,(H,16,17);2-4H,1H3;1-4,9-10H;;1H2/q;;;;+1;/p-1. The van der Waals surface area contributed by atoms with Gasteiger partial charge in [-0.2, -0.15) is 0 Å². The monoisotopic (exact) mass is 1010 g/mol. The first kappa shape index (κ1) is 56.8. The normalized spacial score (nSPS) is 9.60. The average molecular weight is 1010 g/mol. The van der Waals surface area contributed by atoms with Crippen LogP contribution in [-0.4, -0.2) is 74.6 Å². The van der Waals surface area contributed by atoms with Crippen LogP contribution in [0.3, 0.4) is 0 Å². The second-order valence-corrected chi connectivity index (χ2v) is 14.3. The topological polar surface area (TPSA) is 290 Å². The summed E-state index contributed by atoms with van der Waals surface area (Å²) in [6.45, 7) is 0. The van der Waals surface area contributed by atoms with Crippen molar-refractivity contribution >= 4 is 98.3 Å². The summed E-state index contributed by atoms with van der Waals surface area (Å²) in [4.78, 5) is 64.3. The molecule has 0 heterocycles. The van der Waals surface area contributed by atoms with Crippen LogP contribution in [0, 0.1) is 30.3 Å². The van der Waals surface area contributed by atoms with E-state index in [9.17, 15) is 44.7 Å². The molecule has 6 aromatic carbocycles. The van der Waals surface area contributed by atoms with Crippen LogP contribution in [0.1, 0.15) is 31.1 Å². The predicted molar refractivity (Wildman–Crippen MR) is 241 cm³/mol. The Kier molecular flexibility index (Phi) is 23.8. The van der Waals surface area contributed by atoms with Crippen molar-refractivity contribution in [1.29, 1.82) is 0 Å². The van der Waals surface area contributed by atoms with E-state index in [0.29, 0.717) is 47.3 Å². The van der Waals surface area contributed by atoms with Gasteiger partial charge in [-0.15, -0.1) is 0 Å². The van der Waals surface area contributed by atoms with Crippen molar-refractivity contribution in [3.05, 3.63) is 194 Å². The van der Waals surface area contributed by atoms with Crippen LogP contribution in [0.25, 0.3) is 22.3 Å². The quantitative estimate of drug-likeness (QED) is 0.0619. The second kappa shape index (κ2) is 27.2. The molecule has 65 heavy (non-hydrogen) atoms. The van der Waals surface area contributed by atoms with E-state index >= 15 is 0 Å². The number of carboxylic acids is 1. The Morgan fingerprint density at radius 1 is 0.554 bits per heavy atom. The van der Waals surface area contributed by atoms with E-state index < -0.39 is 39.8 Å². The molecule has 0 saturated heterocycles. The fourth-order valence-corrected chi connectivity index (χ4v) is 5.79. The zero-order valence-electron chi connectivity index (χ0n) is 33.8. The SMILES string of the molecule is COC(=O)c1ccc(-c2ccc(Cl)cc2)c([N+](=O)[O-])c1.COC(=O)c1ccc(Br)c([N+](=O)[O-])c1.O=C(O)c1ccc(-c2ccc(Cl)cc2)c([N+](=O)[O-])c1.OB(O)c1ccc(Cl)cc1.[Li+].[OH-]. The van der Waals surface area contributed by atoms with Crippen molar-refractivity contribution in [1.82, 2.24) is 0 Å². The minimum Gasteiger partial charge on any atom is -0.870 e. The number of nitro benzene ring substituents is 3. The zero-order chi connectivity index (χ0) is 47.0. The third-order valence-electron chi connectivity index (χ3n) is 8.10. The fraction of sp³-hybridized carbons (Fsp3) is 0.0488. The van der Waals surface area contributed by atoms with Crippen molar-refractivity contribution in [2.75, 3.05) is 14.2 Å². The third kappa shape index (κ3) is 17.0. The first-order chi connectivity index (χ1) is 29.8. The van der Waals surface area contributed by atoms with Gasteiger partial charge in [0.05, 0.1) is 61.3 Å². The molecule has 0 bridgehead atoms. The van der Waals surface area contributed by atoms with Gasteiger partial charge in [0.2, 0.25) is 0 Å². The molecule has 0 atom stereocenters. The van der Waals surface area contributed by atoms with Gasteiger partial charge in [-0.1, -0.05) is 71.2 Å². The Morgan fingerprint density at radius 3 is 1.22 bits per heavy atom. The van der Waals surface area contributed by atoms with Gasteiger partial charge in [-0.05, 0) is 105 Å². The van der Waals surface area contributed by atoms with Gasteiger partial charge < -0.3 is 30.1 Å². The molecule has 0 unspecified atom stereocenters. The summed E-state index contributed by atoms with van der Waals surface area (Å²) in [5.74, 6) is -2.41. The number of hydrogen-bond acceptors (Lipinski definition) is 14. The summed E-state index contributed by atoms with van der Waals surface area (Å²) < 4.78 is 9.32. The number of carbonyl (C=O) groups is 3. The maximum absolute atomic E-state index is 11.4. The van der Waals surface area contributed by atoms with Gasteiger partial charge in [0.25, 0.3) is 17.1 Å². The molecule has 332 valence electrons. The predicted octanol–water partition coefficient (Wildman–Crippen LogP) is 6.31. The number of aromatic carboxylic acids is 1. The van der Waals surface area contributed by atoms with E-state index in [-0.39, 0.29) is 58.1 Å². The Bertz CT molecular complexity index is 2630. The molecule has 0 spiro atoms. The van der Waals surface area contributed by atoms with E-state index in [1.54, 1.807) is 72.8 Å². The Labute approximate surface area is 404 Å². The molecule has 0 radical (unpaired) electrons. The molecule has 18 nitrogen and oxygen atoms in total. The number of rotatable bonds is 9. The van der Waals surface area contributed by atoms with Gasteiger partial charge in [-0.3, -0.25) is 30.3 Å². The van der Waals surface area contributed by atoms with Crippen LogP contribution in [0.15, 0.2) is 132 Å². The number of ether oxygens (including phenoxy) is 2. The first-order valence-electron chi connectivity index (χ1n) is 17.3. The van der Waals surface area contributed by atoms with Crippen LogP contribution >= 0.6 is 50.7 Å². The summed E-state index contributed by atoms with van der Waals surface area (Å²) in [7, 11) is 1.04. The molecule has 24 heteroatoms. The second-order valence-electron chi connectivity index (χ2n) is 12.1. The number of methoxy groups -OCH3 is 2. The number of carbonyl (C=O) groups excluding carboxylic acids is 2. The molecule has 0 aromatic heterocycles. The first-order valence-corrected chi connectivity index (χ1v) is 19.2. The number of halogens is 4. The molecule has 0 saturated carbocycles. The molecule has 4 N–H and O–H groups in total. The summed E-state index contributed by atoms with van der Waals surface area (Å²) in [5.41, 5.74) is 2.08. The van der Waals surface area contributed by atoms with Gasteiger partial charge in [0, 0.05) is 33.3 Å². The number of benzene rings is 6. The molecule has 0 aliphatic rings. The van der Waals surface area contributed by atoms with Crippen LogP contribution in [-0.2, 0) is 9.47 Å². The molecule has 6 rings (SSSR count). The Balaban J connectivity index is 0.000000441. The van der Waals surface area contributed by atoms with E-state index in [1.807, 2.05) is 0 Å². The van der Waals surface area contributed by atoms with E-state index in [2.05, 4.69) is 25.4 Å². The maximum Gasteiger partial charge on any atom is 1.00 e. The van der Waals surface area contributed by atoms with Gasteiger partial charge >= 0.3 is 43.9 Å². The van der Waals surface area contributed by atoms with Crippen LogP contribution in [0.2, 0.25) is 15.1 Å². The van der Waals surface area contributed by atoms with Crippen molar-refractivity contribution in [3.63, 3.8) is 0 Å². The van der Waals surface area contributed by atoms with Crippen molar-refractivity contribution in [3.8, 4) is 22.3 Å². The average Bonchev–Trinajstić information content (AvgIpc) is 3.26. The summed E-state index contributed by atoms with van der Waals surface area (Å²) in [6.07, 6.45) is 0. The smallest absolute Gasteiger partial charge is 0.870 e. The van der Waals surface area contributed by atoms with Gasteiger partial charge in [-0.25, -0.2) is 14.4 Å². The van der Waals surface area contributed by atoms with E-state index in [4.69, 9.17) is 50.0 Å². The third-order valence-corrected chi connectivity index (χ3v) is 9.53. The molecule has 0 aliphatic heterocycles. The largest absolute Gasteiger partial charge is 1.00 e. The van der Waals surface area contributed by atoms with E-state index in [1.165, 1.54) is 56.7 Å². The fourth-order valence-electron chi connectivity index (χ4n) is 5.02. The molecular weight excluding hydrogens is 978 g/mol.